The van der Waals surface area contributed by atoms with Crippen molar-refractivity contribution in [1.29, 1.82) is 0 Å². The highest BCUT2D eigenvalue weighted by Gasteiger charge is 2.65. The molecule has 8 nitrogen and oxygen atoms in total. The van der Waals surface area contributed by atoms with Gasteiger partial charge in [0.15, 0.2) is 0 Å². The standard InChI is InChI=1S/C26H43NO7S/c1-15(4-7-23(31)27-10-11-35(32,33)34)18-5-6-19-24-20(14-22(30)26(18,19)3)25(2)9-8-17(28)12-16(25)13-21(24)29/h15-20,22,24,28,30H,4-14H2,1-3H3,(H,27,31)(H,32,33,34)/t15-,16+,17-,18-,19?,20?,22+,24?,25+,26-/m1/s1. The van der Waals surface area contributed by atoms with Crippen LogP contribution in [0.1, 0.15) is 78.6 Å². The maximum atomic E-state index is 13.5. The number of fused-ring (bicyclic) bond motifs is 5. The van der Waals surface area contributed by atoms with Crippen LogP contribution < -0.4 is 5.32 Å². The quantitative estimate of drug-likeness (QED) is 0.383. The average Bonchev–Trinajstić information content (AvgIpc) is 3.12. The molecule has 3 unspecified atom stereocenters. The zero-order valence-corrected chi connectivity index (χ0v) is 22.1. The number of hydrogen-bond acceptors (Lipinski definition) is 6. The Bertz CT molecular complexity index is 938. The summed E-state index contributed by atoms with van der Waals surface area (Å²) >= 11 is 0. The highest BCUT2D eigenvalue weighted by Crippen LogP contribution is 2.67. The second-order valence-electron chi connectivity index (χ2n) is 12.5. The number of Topliss-reactive ketones (excluding diaryl/α,β-unsaturated/α-hetero) is 1. The molecule has 35 heavy (non-hydrogen) atoms. The first-order valence-corrected chi connectivity index (χ1v) is 15.0. The Balaban J connectivity index is 1.44. The van der Waals surface area contributed by atoms with E-state index in [1.165, 1.54) is 0 Å². The van der Waals surface area contributed by atoms with Gasteiger partial charge in [0.05, 0.1) is 18.0 Å². The number of carbonyl (C=O) groups excluding carboxylic acids is 2. The Morgan fingerprint density at radius 1 is 1.14 bits per heavy atom. The summed E-state index contributed by atoms with van der Waals surface area (Å²) in [6.07, 6.45) is 5.45. The third-order valence-electron chi connectivity index (χ3n) is 10.8. The summed E-state index contributed by atoms with van der Waals surface area (Å²) < 4.78 is 30.5. The van der Waals surface area contributed by atoms with E-state index in [2.05, 4.69) is 26.1 Å². The molecule has 0 heterocycles. The topological polar surface area (TPSA) is 141 Å². The summed E-state index contributed by atoms with van der Waals surface area (Å²) in [4.78, 5) is 25.7. The van der Waals surface area contributed by atoms with E-state index in [1.54, 1.807) is 0 Å². The maximum Gasteiger partial charge on any atom is 0.266 e. The molecule has 0 spiro atoms. The van der Waals surface area contributed by atoms with Gasteiger partial charge in [-0.3, -0.25) is 14.1 Å². The predicted octanol–water partition coefficient (Wildman–Crippen LogP) is 2.58. The monoisotopic (exact) mass is 513 g/mol. The summed E-state index contributed by atoms with van der Waals surface area (Å²) in [6.45, 7) is 6.45. The van der Waals surface area contributed by atoms with E-state index in [0.717, 1.165) is 25.7 Å². The van der Waals surface area contributed by atoms with Gasteiger partial charge < -0.3 is 15.5 Å². The zero-order chi connectivity index (χ0) is 25.8. The lowest BCUT2D eigenvalue weighted by molar-refractivity contribution is -0.182. The first-order chi connectivity index (χ1) is 16.3. The molecule has 4 N–H and O–H groups in total. The van der Waals surface area contributed by atoms with Crippen LogP contribution in [-0.4, -0.2) is 59.4 Å². The van der Waals surface area contributed by atoms with E-state index in [1.807, 2.05) is 0 Å². The molecule has 4 fully saturated rings. The Labute approximate surface area is 209 Å². The zero-order valence-electron chi connectivity index (χ0n) is 21.3. The molecule has 0 aliphatic heterocycles. The van der Waals surface area contributed by atoms with Crippen molar-refractivity contribution in [3.63, 3.8) is 0 Å². The molecule has 0 bridgehead atoms. The lowest BCUT2D eigenvalue weighted by Crippen LogP contribution is -2.61. The van der Waals surface area contributed by atoms with Gasteiger partial charge in [-0.2, -0.15) is 8.42 Å². The molecule has 0 aromatic rings. The minimum absolute atomic E-state index is 0.00996. The first-order valence-electron chi connectivity index (χ1n) is 13.4. The van der Waals surface area contributed by atoms with Crippen molar-refractivity contribution in [2.75, 3.05) is 12.3 Å². The van der Waals surface area contributed by atoms with Gasteiger partial charge in [-0.15, -0.1) is 0 Å². The van der Waals surface area contributed by atoms with Gasteiger partial charge in [0.25, 0.3) is 10.1 Å². The summed E-state index contributed by atoms with van der Waals surface area (Å²) in [6, 6.07) is 0. The van der Waals surface area contributed by atoms with Crippen LogP contribution in [0.15, 0.2) is 0 Å². The fraction of sp³-hybridized carbons (Fsp3) is 0.923. The van der Waals surface area contributed by atoms with E-state index in [-0.39, 0.29) is 71.3 Å². The molecule has 200 valence electrons. The number of amides is 1. The molecule has 0 aromatic heterocycles. The molecule has 4 aliphatic rings. The lowest BCUT2D eigenvalue weighted by atomic mass is 9.43. The number of nitrogens with one attached hydrogen (secondary N) is 1. The molecular weight excluding hydrogens is 470 g/mol. The minimum Gasteiger partial charge on any atom is -0.393 e. The van der Waals surface area contributed by atoms with Crippen LogP contribution in [-0.2, 0) is 19.7 Å². The van der Waals surface area contributed by atoms with E-state index in [0.29, 0.717) is 31.5 Å². The van der Waals surface area contributed by atoms with Crippen LogP contribution in [0.4, 0.5) is 0 Å². The van der Waals surface area contributed by atoms with Crippen molar-refractivity contribution in [3.8, 4) is 0 Å². The van der Waals surface area contributed by atoms with E-state index in [4.69, 9.17) is 4.55 Å². The minimum atomic E-state index is -4.10. The fourth-order valence-electron chi connectivity index (χ4n) is 8.81. The number of ketones is 1. The molecular formula is C26H43NO7S. The van der Waals surface area contributed by atoms with Crippen LogP contribution in [0.25, 0.3) is 0 Å². The summed E-state index contributed by atoms with van der Waals surface area (Å²) in [5, 5.41) is 24.4. The van der Waals surface area contributed by atoms with Gasteiger partial charge in [-0.05, 0) is 80.0 Å². The van der Waals surface area contributed by atoms with Crippen molar-refractivity contribution in [1.82, 2.24) is 5.32 Å². The first kappa shape index (κ1) is 27.0. The third kappa shape index (κ3) is 4.94. The molecule has 0 radical (unpaired) electrons. The summed E-state index contributed by atoms with van der Waals surface area (Å²) in [5.74, 6) is 0.440. The fourth-order valence-corrected chi connectivity index (χ4v) is 9.17. The van der Waals surface area contributed by atoms with E-state index >= 15 is 0 Å². The molecule has 4 rings (SSSR count). The van der Waals surface area contributed by atoms with Crippen LogP contribution in [0.3, 0.4) is 0 Å². The molecule has 9 heteroatoms. The highest BCUT2D eigenvalue weighted by molar-refractivity contribution is 7.85. The van der Waals surface area contributed by atoms with Crippen molar-refractivity contribution in [3.05, 3.63) is 0 Å². The molecule has 4 saturated carbocycles. The van der Waals surface area contributed by atoms with Gasteiger partial charge >= 0.3 is 0 Å². The number of aliphatic hydroxyl groups is 2. The van der Waals surface area contributed by atoms with Gasteiger partial charge in [-0.1, -0.05) is 20.8 Å². The van der Waals surface area contributed by atoms with Gasteiger partial charge in [0, 0.05) is 30.7 Å². The highest BCUT2D eigenvalue weighted by atomic mass is 32.2. The van der Waals surface area contributed by atoms with Gasteiger partial charge in [0.2, 0.25) is 5.91 Å². The van der Waals surface area contributed by atoms with Crippen LogP contribution >= 0.6 is 0 Å². The molecule has 4 aliphatic carbocycles. The molecule has 0 saturated heterocycles. The molecule has 1 amide bonds. The maximum absolute atomic E-state index is 13.5. The van der Waals surface area contributed by atoms with Gasteiger partial charge in [0.1, 0.15) is 5.78 Å². The predicted molar refractivity (Wildman–Crippen MR) is 131 cm³/mol. The number of rotatable bonds is 7. The van der Waals surface area contributed by atoms with Crippen molar-refractivity contribution in [2.24, 2.45) is 46.3 Å². The van der Waals surface area contributed by atoms with Crippen molar-refractivity contribution < 1.29 is 32.8 Å². The van der Waals surface area contributed by atoms with Crippen LogP contribution in [0, 0.1) is 46.3 Å². The summed E-state index contributed by atoms with van der Waals surface area (Å²) in [7, 11) is -4.10. The summed E-state index contributed by atoms with van der Waals surface area (Å²) in [5.41, 5.74) is -0.376. The lowest BCUT2D eigenvalue weighted by Gasteiger charge is -2.61. The van der Waals surface area contributed by atoms with Crippen LogP contribution in [0.2, 0.25) is 0 Å². The second kappa shape index (κ2) is 9.69. The molecule has 10 atom stereocenters. The van der Waals surface area contributed by atoms with Crippen molar-refractivity contribution in [2.45, 2.75) is 90.8 Å². The number of hydrogen-bond donors (Lipinski definition) is 4. The third-order valence-corrected chi connectivity index (χ3v) is 11.5. The Morgan fingerprint density at radius 2 is 1.86 bits per heavy atom. The van der Waals surface area contributed by atoms with Crippen molar-refractivity contribution >= 4 is 21.8 Å². The largest absolute Gasteiger partial charge is 0.393 e. The number of carbonyl (C=O) groups is 2. The normalized spacial score (nSPS) is 44.2. The second-order valence-corrected chi connectivity index (χ2v) is 14.1. The van der Waals surface area contributed by atoms with Crippen LogP contribution in [0.5, 0.6) is 0 Å². The Kier molecular flexibility index (Phi) is 7.48. The smallest absolute Gasteiger partial charge is 0.266 e. The number of aliphatic hydroxyl groups excluding tert-OH is 2. The molecule has 0 aromatic carbocycles. The Morgan fingerprint density at radius 3 is 2.54 bits per heavy atom. The average molecular weight is 514 g/mol. The Hall–Kier alpha value is -1.03. The van der Waals surface area contributed by atoms with E-state index < -0.39 is 22.0 Å². The SMILES string of the molecule is C[C@H](CCC(=O)NCCS(=O)(=O)O)[C@H]1CCC2C3C(=O)C[C@@H]4C[C@H](O)CC[C@]4(C)C3C[C@H](O)[C@@]21C. The van der Waals surface area contributed by atoms with E-state index in [9.17, 15) is 28.2 Å². The van der Waals surface area contributed by atoms with Gasteiger partial charge in [-0.25, -0.2) is 0 Å².